The fourth-order valence-electron chi connectivity index (χ4n) is 3.85. The van der Waals surface area contributed by atoms with E-state index >= 15 is 0 Å². The molecule has 2 N–H and O–H groups in total. The first kappa shape index (κ1) is 31.8. The first-order valence-electron chi connectivity index (χ1n) is 14.9. The molecule has 2 aromatic rings. The number of hydrogen-bond acceptors (Lipinski definition) is 8. The highest BCUT2D eigenvalue weighted by atomic mass is 28.4. The number of imidazole rings is 1. The fraction of sp³-hybridized carbons (Fsp3) is 0.821. The zero-order valence-corrected chi connectivity index (χ0v) is 30.6. The molecule has 4 atom stereocenters. The van der Waals surface area contributed by atoms with Gasteiger partial charge in [-0.2, -0.15) is 0 Å². The van der Waals surface area contributed by atoms with Crippen molar-refractivity contribution in [1.29, 1.82) is 0 Å². The maximum atomic E-state index is 8.85. The van der Waals surface area contributed by atoms with E-state index in [-0.39, 0.29) is 27.2 Å². The first-order valence-corrected chi connectivity index (χ1v) is 23.1. The van der Waals surface area contributed by atoms with Crippen molar-refractivity contribution in [3.05, 3.63) is 12.6 Å². The summed E-state index contributed by atoms with van der Waals surface area (Å²) in [5, 5.41) is -0.0369. The highest BCUT2D eigenvalue weighted by Crippen LogP contribution is 2.47. The number of nitrogen functional groups attached to an aromatic ring is 1. The number of nitrogens with zero attached hydrogens (tertiary/aromatic N) is 4. The predicted octanol–water partition coefficient (Wildman–Crippen LogP) is 7.11. The van der Waals surface area contributed by atoms with Crippen LogP contribution in [0.5, 0.6) is 0 Å². The number of nitrogens with two attached hydrogens (primary N) is 1. The molecule has 0 unspecified atom stereocenters. The zero-order chi connectivity index (χ0) is 31.6. The summed E-state index contributed by atoms with van der Waals surface area (Å²) in [6, 6.07) is 0. The smallest absolute Gasteiger partial charge is 0.192 e. The van der Waals surface area contributed by atoms with Gasteiger partial charge in [-0.1, -0.05) is 62.3 Å². The molecule has 0 amide bonds. The summed E-state index contributed by atoms with van der Waals surface area (Å²) in [5.41, 5.74) is 6.98. The summed E-state index contributed by atoms with van der Waals surface area (Å²) in [7, 11) is -6.71. The number of rotatable bonds is 8. The second-order valence-electron chi connectivity index (χ2n) is 15.8. The summed E-state index contributed by atoms with van der Waals surface area (Å²) in [6.45, 7) is 33.9. The Labute approximate surface area is 246 Å². The molecule has 9 nitrogen and oxygen atoms in total. The van der Waals surface area contributed by atoms with Crippen LogP contribution in [-0.2, 0) is 18.0 Å². The maximum absolute atomic E-state index is 8.85. The Morgan fingerprint density at radius 2 is 1.32 bits per heavy atom. The van der Waals surface area contributed by atoms with Crippen molar-refractivity contribution in [2.45, 2.75) is 141 Å². The Kier molecular flexibility index (Phi) is 8.61. The van der Waals surface area contributed by atoms with Crippen LogP contribution in [0.4, 0.5) is 5.82 Å². The lowest BCUT2D eigenvalue weighted by molar-refractivity contribution is -0.0470. The Bertz CT molecular complexity index is 1230. The van der Waals surface area contributed by atoms with E-state index in [4.69, 9.17) is 25.1 Å². The molecule has 3 heterocycles. The average Bonchev–Trinajstić information content (AvgIpc) is 3.27. The van der Waals surface area contributed by atoms with E-state index in [1.807, 2.05) is 0 Å². The molecule has 0 aliphatic carbocycles. The predicted molar refractivity (Wildman–Crippen MR) is 171 cm³/mol. The molecule has 40 heavy (non-hydrogen) atoms. The topological polar surface area (TPSA) is 107 Å². The van der Waals surface area contributed by atoms with Gasteiger partial charge < -0.3 is 23.7 Å². The Hall–Kier alpha value is -1.16. The van der Waals surface area contributed by atoms with Gasteiger partial charge in [0.25, 0.3) is 0 Å². The van der Waals surface area contributed by atoms with Crippen molar-refractivity contribution < 1.29 is 19.4 Å². The van der Waals surface area contributed by atoms with E-state index < -0.39 is 49.5 Å². The van der Waals surface area contributed by atoms with Gasteiger partial charge in [0, 0.05) is 0 Å². The van der Waals surface area contributed by atoms with E-state index in [0.29, 0.717) is 17.8 Å². The average molecular weight is 611 g/mol. The lowest BCUT2D eigenvalue weighted by atomic mass is 10.1. The maximum Gasteiger partial charge on any atom is 0.192 e. The van der Waals surface area contributed by atoms with Crippen LogP contribution in [-0.4, -0.2) is 69.4 Å². The van der Waals surface area contributed by atoms with Crippen molar-refractivity contribution in [3.8, 4) is 0 Å². The Morgan fingerprint density at radius 3 is 1.82 bits per heavy atom. The van der Waals surface area contributed by atoms with Crippen LogP contribution in [0.1, 0.15) is 69.9 Å². The largest absolute Gasteiger partial charge is 0.414 e. The van der Waals surface area contributed by atoms with E-state index in [0.717, 1.165) is 0 Å². The zero-order valence-electron chi connectivity index (χ0n) is 28.6. The molecule has 12 heteroatoms. The number of aromatic nitrogens is 4. The number of hydrogen-bond donors (Lipinski definition) is 1. The summed E-state index contributed by atoms with van der Waals surface area (Å²) < 4.78 is 38.6. The molecule has 1 aliphatic heterocycles. The van der Waals surface area contributed by atoms with Gasteiger partial charge in [0.15, 0.2) is 42.6 Å². The third kappa shape index (κ3) is 6.57. The molecular formula is C28H55N5O4Si3. The molecule has 0 radical (unpaired) electrons. The normalized spacial score (nSPS) is 24.1. The van der Waals surface area contributed by atoms with Gasteiger partial charge in [0.1, 0.15) is 31.5 Å². The summed E-state index contributed by atoms with van der Waals surface area (Å²) in [6.07, 6.45) is -0.618. The molecular weight excluding hydrogens is 555 g/mol. The molecule has 1 aliphatic rings. The van der Waals surface area contributed by atoms with Gasteiger partial charge in [0.05, 0.1) is 12.9 Å². The minimum atomic E-state index is -2.33. The number of fused-ring (bicyclic) bond motifs is 1. The van der Waals surface area contributed by atoms with E-state index in [1.54, 1.807) is 4.57 Å². The minimum Gasteiger partial charge on any atom is -0.414 e. The second-order valence-corrected chi connectivity index (χ2v) is 30.2. The van der Waals surface area contributed by atoms with Crippen LogP contribution >= 0.6 is 0 Å². The standard InChI is InChI=1S/C28H55N5O4Si3/c1-26(2,3)38(10,11)34-16-19-21(36-39(12,13)27(4,5)6)22(37-40(14,15)28(7,8)9)25(35-19)33-18-32-20-23(29)30-17-31-24(20)33/h17-19,21-22,25H,16H2,1-15H3,(H2,29,30,31)/t19-,21-,22-,25-/m1/s1/i18D. The quantitative estimate of drug-likeness (QED) is 0.315. The van der Waals surface area contributed by atoms with Crippen molar-refractivity contribution in [1.82, 2.24) is 19.5 Å². The van der Waals surface area contributed by atoms with E-state index in [9.17, 15) is 0 Å². The van der Waals surface area contributed by atoms with Crippen LogP contribution in [0.15, 0.2) is 12.6 Å². The highest BCUT2D eigenvalue weighted by Gasteiger charge is 2.55. The third-order valence-electron chi connectivity index (χ3n) is 9.76. The molecule has 0 spiro atoms. The van der Waals surface area contributed by atoms with Crippen molar-refractivity contribution >= 4 is 41.9 Å². The second kappa shape index (κ2) is 10.8. The Balaban J connectivity index is 2.20. The summed E-state index contributed by atoms with van der Waals surface area (Å²) in [4.78, 5) is 13.0. The summed E-state index contributed by atoms with van der Waals surface area (Å²) in [5.74, 6) is 0.231. The van der Waals surface area contributed by atoms with Crippen molar-refractivity contribution in [3.63, 3.8) is 0 Å². The molecule has 1 saturated heterocycles. The van der Waals surface area contributed by atoms with Crippen LogP contribution in [0.25, 0.3) is 11.2 Å². The molecule has 3 rings (SSSR count). The first-order chi connectivity index (χ1) is 18.3. The minimum absolute atomic E-state index is 0.00178. The highest BCUT2D eigenvalue weighted by molar-refractivity contribution is 6.75. The molecule has 0 bridgehead atoms. The SMILES string of the molecule is [2H]c1nc2c(N)ncnc2n1[C@@H]1O[C@H](CO[Si](C)(C)C(C)(C)C)[C@@H](O[Si](C)(C)C(C)(C)C)[C@H]1O[Si](C)(C)C(C)(C)C. The van der Waals surface area contributed by atoms with Gasteiger partial charge in [0.2, 0.25) is 0 Å². The molecule has 0 saturated carbocycles. The van der Waals surface area contributed by atoms with Crippen LogP contribution in [0.2, 0.25) is 54.4 Å². The van der Waals surface area contributed by atoms with E-state index in [1.165, 1.54) is 6.33 Å². The van der Waals surface area contributed by atoms with Crippen molar-refractivity contribution in [2.24, 2.45) is 0 Å². The summed E-state index contributed by atoms with van der Waals surface area (Å²) >= 11 is 0. The molecule has 228 valence electrons. The number of ether oxygens (including phenoxy) is 1. The van der Waals surface area contributed by atoms with E-state index in [2.05, 4.69) is 117 Å². The molecule has 2 aromatic heterocycles. The van der Waals surface area contributed by atoms with Crippen LogP contribution < -0.4 is 5.73 Å². The number of anilines is 1. The van der Waals surface area contributed by atoms with Crippen molar-refractivity contribution in [2.75, 3.05) is 12.3 Å². The van der Waals surface area contributed by atoms with Gasteiger partial charge in [-0.05, 0) is 54.4 Å². The van der Waals surface area contributed by atoms with Gasteiger partial charge >= 0.3 is 0 Å². The van der Waals surface area contributed by atoms with Crippen LogP contribution in [0.3, 0.4) is 0 Å². The lowest BCUT2D eigenvalue weighted by Crippen LogP contribution is -2.54. The molecule has 1 fully saturated rings. The Morgan fingerprint density at radius 1 is 0.825 bits per heavy atom. The van der Waals surface area contributed by atoms with Gasteiger partial charge in [-0.15, -0.1) is 0 Å². The fourth-order valence-corrected chi connectivity index (χ4v) is 7.47. The van der Waals surface area contributed by atoms with Crippen LogP contribution in [0, 0.1) is 0 Å². The third-order valence-corrected chi connectivity index (χ3v) is 23.2. The van der Waals surface area contributed by atoms with Gasteiger partial charge in [-0.25, -0.2) is 15.0 Å². The monoisotopic (exact) mass is 610 g/mol. The lowest BCUT2D eigenvalue weighted by Gasteiger charge is -2.44. The molecule has 0 aromatic carbocycles. The van der Waals surface area contributed by atoms with Gasteiger partial charge in [-0.3, -0.25) is 4.57 Å².